The molecule has 3 atom stereocenters. The van der Waals surface area contributed by atoms with Gasteiger partial charge in [-0.1, -0.05) is 17.3 Å². The van der Waals surface area contributed by atoms with E-state index in [1.807, 2.05) is 67.4 Å². The van der Waals surface area contributed by atoms with Gasteiger partial charge in [0.2, 0.25) is 29.1 Å². The molecule has 3 unspecified atom stereocenters. The Morgan fingerprint density at radius 3 is 2.33 bits per heavy atom. The smallest absolute Gasteiger partial charge is 0.226 e. The molecule has 9 rings (SSSR count). The maximum Gasteiger partial charge on any atom is 0.226 e. The number of carbonyl (C=O) groups is 3. The molecule has 320 valence electrons. The van der Waals surface area contributed by atoms with Crippen LogP contribution in [0, 0.1) is 0 Å². The van der Waals surface area contributed by atoms with Gasteiger partial charge >= 0.3 is 0 Å². The third-order valence-electron chi connectivity index (χ3n) is 12.2. The van der Waals surface area contributed by atoms with Crippen molar-refractivity contribution < 1.29 is 38.0 Å². The first-order chi connectivity index (χ1) is 29.8. The summed E-state index contributed by atoms with van der Waals surface area (Å²) in [5, 5.41) is 24.6. The molecule has 0 radical (unpaired) electrons. The van der Waals surface area contributed by atoms with Gasteiger partial charge in [-0.25, -0.2) is 4.68 Å². The number of amides is 3. The van der Waals surface area contributed by atoms with Gasteiger partial charge in [-0.2, -0.15) is 0 Å². The molecular formula is C43H54N12O6+2. The molecule has 18 nitrogen and oxygen atoms in total. The maximum atomic E-state index is 13.3. The number of ether oxygens (including phenoxy) is 3. The van der Waals surface area contributed by atoms with Crippen molar-refractivity contribution >= 4 is 29.1 Å². The minimum atomic E-state index is -0.160. The monoisotopic (exact) mass is 834 g/mol. The number of nitrogens with one attached hydrogen (secondary N) is 2. The zero-order valence-electron chi connectivity index (χ0n) is 34.7. The van der Waals surface area contributed by atoms with Crippen LogP contribution in [0.15, 0.2) is 61.1 Å². The molecular weight excluding hydrogens is 781 g/mol. The van der Waals surface area contributed by atoms with Crippen molar-refractivity contribution in [1.29, 1.82) is 0 Å². The number of rotatable bonds is 2. The SMILES string of the molecule is CN1C(=O)CCCCn2n[n+](-c3ccc4c(c3)NC(=O)CCCCn3n[n+](C5CCC6OCc7cnnn7CCCCC(=O)NC6C5)cc3CO4)cc2COc2ccccc21. The molecule has 0 saturated heterocycles. The first-order valence-electron chi connectivity index (χ1n) is 21.7. The molecule has 2 N–H and O–H groups in total. The number of aromatic nitrogens is 9. The van der Waals surface area contributed by atoms with E-state index in [4.69, 9.17) is 24.6 Å². The van der Waals surface area contributed by atoms with Gasteiger partial charge in [0.05, 0.1) is 52.4 Å². The van der Waals surface area contributed by atoms with Crippen molar-refractivity contribution in [3.8, 4) is 17.2 Å². The second kappa shape index (κ2) is 18.2. The van der Waals surface area contributed by atoms with Gasteiger partial charge in [0.25, 0.3) is 0 Å². The van der Waals surface area contributed by atoms with Crippen molar-refractivity contribution in [2.75, 3.05) is 17.3 Å². The molecule has 0 spiro atoms. The number of anilines is 2. The molecule has 0 bridgehead atoms. The highest BCUT2D eigenvalue weighted by Crippen LogP contribution is 2.32. The van der Waals surface area contributed by atoms with Gasteiger partial charge in [-0.05, 0) is 75.6 Å². The van der Waals surface area contributed by atoms with Crippen molar-refractivity contribution in [1.82, 2.24) is 40.1 Å². The molecule has 3 amide bonds. The van der Waals surface area contributed by atoms with E-state index in [0.29, 0.717) is 69.0 Å². The fourth-order valence-electron chi connectivity index (χ4n) is 8.69. The number of carbonyl (C=O) groups excluding carboxylic acids is 3. The van der Waals surface area contributed by atoms with Crippen molar-refractivity contribution in [3.63, 3.8) is 0 Å². The number of benzene rings is 2. The molecule has 1 fully saturated rings. The molecule has 6 heterocycles. The predicted octanol–water partition coefficient (Wildman–Crippen LogP) is 3.64. The predicted molar refractivity (Wildman–Crippen MR) is 218 cm³/mol. The van der Waals surface area contributed by atoms with E-state index in [1.165, 1.54) is 0 Å². The molecule has 2 aromatic carbocycles. The first kappa shape index (κ1) is 40.2. The molecule has 18 heteroatoms. The standard InChI is InChI=1S/C43H52N12O6/c1-50-37-10-2-3-11-40(37)61-29-34-26-55(49-53(34)21-9-6-14-43(50)58)31-16-18-39-36(23-31)46-42(57)13-5-8-20-52-33(28-60-39)25-54(48-52)30-15-17-38-35(22-30)45-41(56)12-4-7-19-51-32(27-59-38)24-44-47-51/h2-3,10-11,16,18,23-26,30,35,38H,4-9,12-15,17,19-22,27-29H2,1H3/p+2. The van der Waals surface area contributed by atoms with Gasteiger partial charge in [0, 0.05) is 45.3 Å². The summed E-state index contributed by atoms with van der Waals surface area (Å²) in [5.74, 6) is 1.15. The Labute approximate surface area is 353 Å². The van der Waals surface area contributed by atoms with Gasteiger partial charge < -0.3 is 29.7 Å². The van der Waals surface area contributed by atoms with E-state index in [0.717, 1.165) is 79.9 Å². The number of para-hydroxylation sites is 2. The van der Waals surface area contributed by atoms with E-state index in [9.17, 15) is 14.4 Å². The Kier molecular flexibility index (Phi) is 12.0. The van der Waals surface area contributed by atoms with E-state index >= 15 is 0 Å². The Bertz CT molecular complexity index is 2370. The van der Waals surface area contributed by atoms with Crippen molar-refractivity contribution in [2.45, 2.75) is 135 Å². The quantitative estimate of drug-likeness (QED) is 0.250. The minimum Gasteiger partial charge on any atom is -0.483 e. The zero-order chi connectivity index (χ0) is 41.7. The highest BCUT2D eigenvalue weighted by atomic mass is 16.5. The van der Waals surface area contributed by atoms with E-state index in [1.54, 1.807) is 22.8 Å². The van der Waals surface area contributed by atoms with Crippen LogP contribution in [0.4, 0.5) is 11.4 Å². The largest absolute Gasteiger partial charge is 0.483 e. The van der Waals surface area contributed by atoms with E-state index in [-0.39, 0.29) is 49.1 Å². The highest BCUT2D eigenvalue weighted by molar-refractivity contribution is 5.94. The fourth-order valence-corrected chi connectivity index (χ4v) is 8.69. The van der Waals surface area contributed by atoms with Crippen LogP contribution in [-0.4, -0.2) is 71.7 Å². The Morgan fingerprint density at radius 2 is 1.48 bits per heavy atom. The van der Waals surface area contributed by atoms with Crippen LogP contribution < -0.4 is 34.4 Å². The Hall–Kier alpha value is -6.17. The van der Waals surface area contributed by atoms with Crippen LogP contribution in [0.2, 0.25) is 0 Å². The summed E-state index contributed by atoms with van der Waals surface area (Å²) < 4.78 is 28.8. The lowest BCUT2D eigenvalue weighted by Gasteiger charge is -2.34. The van der Waals surface area contributed by atoms with Crippen LogP contribution in [-0.2, 0) is 58.6 Å². The minimum absolute atomic E-state index is 0.0410. The summed E-state index contributed by atoms with van der Waals surface area (Å²) in [6.45, 7) is 2.88. The normalized spacial score (nSPS) is 22.0. The van der Waals surface area contributed by atoms with Gasteiger partial charge in [0.15, 0.2) is 31.3 Å². The summed E-state index contributed by atoms with van der Waals surface area (Å²) in [5.41, 5.74) is 4.77. The fraction of sp³-hybridized carbons (Fsp3) is 0.512. The lowest BCUT2D eigenvalue weighted by molar-refractivity contribution is -0.781. The van der Waals surface area contributed by atoms with Crippen molar-refractivity contribution in [2.24, 2.45) is 0 Å². The molecule has 3 aliphatic heterocycles. The molecule has 61 heavy (non-hydrogen) atoms. The van der Waals surface area contributed by atoms with Crippen LogP contribution >= 0.6 is 0 Å². The van der Waals surface area contributed by atoms with Gasteiger partial charge in [0.1, 0.15) is 30.6 Å². The summed E-state index contributed by atoms with van der Waals surface area (Å²) >= 11 is 0. The number of hydrogen-bond acceptors (Lipinski definition) is 10. The highest BCUT2D eigenvalue weighted by Gasteiger charge is 2.37. The number of nitrogens with zero attached hydrogens (tertiary/aromatic N) is 10. The summed E-state index contributed by atoms with van der Waals surface area (Å²) in [7, 11) is 1.79. The van der Waals surface area contributed by atoms with E-state index < -0.39 is 0 Å². The lowest BCUT2D eigenvalue weighted by atomic mass is 9.88. The number of fused-ring (bicyclic) bond motifs is 6. The number of hydrogen-bond donors (Lipinski definition) is 2. The molecule has 4 aliphatic rings. The Balaban J connectivity index is 0.926. The maximum absolute atomic E-state index is 13.3. The third-order valence-corrected chi connectivity index (χ3v) is 12.2. The van der Waals surface area contributed by atoms with Crippen LogP contribution in [0.25, 0.3) is 5.69 Å². The van der Waals surface area contributed by atoms with Crippen molar-refractivity contribution in [3.05, 3.63) is 78.1 Å². The average Bonchev–Trinajstić information content (AvgIpc) is 4.01. The molecule has 1 aliphatic carbocycles. The Morgan fingerprint density at radius 1 is 0.738 bits per heavy atom. The molecule has 1 saturated carbocycles. The topological polar surface area (TPSA) is 180 Å². The number of aryl methyl sites for hydroxylation is 3. The zero-order valence-corrected chi connectivity index (χ0v) is 34.7. The second-order valence-electron chi connectivity index (χ2n) is 16.4. The summed E-state index contributed by atoms with van der Waals surface area (Å²) in [4.78, 5) is 40.9. The van der Waals surface area contributed by atoms with Crippen LogP contribution in [0.5, 0.6) is 11.5 Å². The molecule has 3 aromatic heterocycles. The molecule has 5 aromatic rings. The van der Waals surface area contributed by atoms with Gasteiger partial charge in [-0.15, -0.1) is 23.8 Å². The summed E-state index contributed by atoms with van der Waals surface area (Å²) in [6.07, 6.45) is 13.8. The first-order valence-corrected chi connectivity index (χ1v) is 21.7. The third kappa shape index (κ3) is 9.28. The van der Waals surface area contributed by atoms with Crippen LogP contribution in [0.3, 0.4) is 0 Å². The lowest BCUT2D eigenvalue weighted by Crippen LogP contribution is -2.54. The summed E-state index contributed by atoms with van der Waals surface area (Å²) in [6, 6.07) is 13.1. The average molecular weight is 835 g/mol. The van der Waals surface area contributed by atoms with E-state index in [2.05, 4.69) is 27.1 Å². The van der Waals surface area contributed by atoms with Gasteiger partial charge in [-0.3, -0.25) is 14.4 Å². The second-order valence-corrected chi connectivity index (χ2v) is 16.4. The van der Waals surface area contributed by atoms with Crippen LogP contribution in [0.1, 0.15) is 100 Å².